The van der Waals surface area contributed by atoms with Gasteiger partial charge in [0, 0.05) is 37.2 Å². The summed E-state index contributed by atoms with van der Waals surface area (Å²) in [7, 11) is 0. The van der Waals surface area contributed by atoms with Crippen molar-refractivity contribution in [3.8, 4) is 11.1 Å². The van der Waals surface area contributed by atoms with E-state index in [1.54, 1.807) is 11.1 Å². The molecule has 7 nitrogen and oxygen atoms in total. The summed E-state index contributed by atoms with van der Waals surface area (Å²) in [5, 5.41) is 2.67. The maximum atomic E-state index is 12.1. The molecule has 2 heterocycles. The van der Waals surface area contributed by atoms with Crippen LogP contribution in [0.15, 0.2) is 42.6 Å². The van der Waals surface area contributed by atoms with Crippen LogP contribution in [-0.4, -0.2) is 36.2 Å². The number of ether oxygens (including phenoxy) is 1. The molecule has 1 aromatic heterocycles. The second-order valence-corrected chi connectivity index (χ2v) is 7.18. The minimum atomic E-state index is -0.414. The highest BCUT2D eigenvalue weighted by Gasteiger charge is 2.53. The summed E-state index contributed by atoms with van der Waals surface area (Å²) in [5.74, 6) is -0.150. The summed E-state index contributed by atoms with van der Waals surface area (Å²) >= 11 is 0. The van der Waals surface area contributed by atoms with Crippen LogP contribution < -0.4 is 10.2 Å². The van der Waals surface area contributed by atoms with Gasteiger partial charge in [0.2, 0.25) is 5.91 Å². The number of rotatable bonds is 5. The van der Waals surface area contributed by atoms with E-state index in [4.69, 9.17) is 11.3 Å². The smallest absolute Gasteiger partial charge is 0.414 e. The van der Waals surface area contributed by atoms with Crippen molar-refractivity contribution in [3.05, 3.63) is 59.7 Å². The van der Waals surface area contributed by atoms with E-state index in [9.17, 15) is 9.59 Å². The molecule has 2 fully saturated rings. The number of hydrogen-bond donors (Lipinski definition) is 1. The van der Waals surface area contributed by atoms with Gasteiger partial charge in [-0.3, -0.25) is 14.7 Å². The Kier molecular flexibility index (Phi) is 4.47. The number of nitrogens with one attached hydrogen (secondary N) is 1. The van der Waals surface area contributed by atoms with Crippen LogP contribution in [0, 0.1) is 6.57 Å². The molecule has 1 atom stereocenters. The Labute approximate surface area is 163 Å². The molecule has 1 N–H and O–H groups in total. The number of pyridine rings is 1. The van der Waals surface area contributed by atoms with Gasteiger partial charge in [-0.15, -0.1) is 0 Å². The molecule has 1 aliphatic heterocycles. The van der Waals surface area contributed by atoms with E-state index in [2.05, 4.69) is 15.1 Å². The number of anilines is 1. The standard InChI is InChI=1S/C21H20N4O3/c1-14(26)23-12-18-13-25(20(27)28-18)17-6-3-15(4-7-17)16-5-8-19(24-11-16)21(22-2)9-10-21/h3-8,11,18H,9-10,12-13H2,1H3,(H,23,26)/t18-/m0/s1. The molecular weight excluding hydrogens is 356 g/mol. The van der Waals surface area contributed by atoms with Gasteiger partial charge < -0.3 is 14.9 Å². The molecule has 2 aliphatic rings. The van der Waals surface area contributed by atoms with E-state index in [-0.39, 0.29) is 12.0 Å². The number of amides is 2. The van der Waals surface area contributed by atoms with E-state index in [0.717, 1.165) is 35.3 Å². The van der Waals surface area contributed by atoms with E-state index in [0.29, 0.717) is 13.1 Å². The topological polar surface area (TPSA) is 75.9 Å². The Morgan fingerprint density at radius 1 is 1.29 bits per heavy atom. The molecule has 4 rings (SSSR count). The number of hydrogen-bond acceptors (Lipinski definition) is 4. The predicted octanol–water partition coefficient (Wildman–Crippen LogP) is 3.12. The number of cyclic esters (lactones) is 1. The highest BCUT2D eigenvalue weighted by Crippen LogP contribution is 2.48. The van der Waals surface area contributed by atoms with Crippen molar-refractivity contribution in [2.45, 2.75) is 31.4 Å². The number of carbonyl (C=O) groups excluding carboxylic acids is 2. The minimum absolute atomic E-state index is 0.150. The third-order valence-corrected chi connectivity index (χ3v) is 5.14. The normalized spacial score (nSPS) is 19.6. The molecule has 2 aromatic rings. The Morgan fingerprint density at radius 3 is 2.57 bits per heavy atom. The second kappa shape index (κ2) is 6.97. The van der Waals surface area contributed by atoms with Crippen molar-refractivity contribution in [2.24, 2.45) is 0 Å². The van der Waals surface area contributed by atoms with Crippen molar-refractivity contribution in [1.29, 1.82) is 0 Å². The van der Waals surface area contributed by atoms with Crippen LogP contribution in [-0.2, 0) is 15.1 Å². The zero-order chi connectivity index (χ0) is 19.7. The largest absolute Gasteiger partial charge is 0.442 e. The minimum Gasteiger partial charge on any atom is -0.442 e. The molecule has 0 radical (unpaired) electrons. The summed E-state index contributed by atoms with van der Waals surface area (Å²) in [4.78, 5) is 32.9. The van der Waals surface area contributed by atoms with Gasteiger partial charge in [-0.1, -0.05) is 18.2 Å². The first kappa shape index (κ1) is 18.0. The quantitative estimate of drug-likeness (QED) is 0.814. The fourth-order valence-corrected chi connectivity index (χ4v) is 3.31. The summed E-state index contributed by atoms with van der Waals surface area (Å²) in [5.41, 5.74) is 3.13. The fourth-order valence-electron chi connectivity index (χ4n) is 3.31. The average Bonchev–Trinajstić information content (AvgIpc) is 3.43. The van der Waals surface area contributed by atoms with Crippen molar-refractivity contribution < 1.29 is 14.3 Å². The van der Waals surface area contributed by atoms with Crippen LogP contribution in [0.2, 0.25) is 0 Å². The molecule has 142 valence electrons. The Hall–Kier alpha value is -3.40. The first-order chi connectivity index (χ1) is 13.5. The third-order valence-electron chi connectivity index (χ3n) is 5.14. The highest BCUT2D eigenvalue weighted by molar-refractivity contribution is 5.90. The third kappa shape index (κ3) is 3.41. The summed E-state index contributed by atoms with van der Waals surface area (Å²) in [6, 6.07) is 11.5. The SMILES string of the molecule is [C-]#[N+]C1(c2ccc(-c3ccc(N4C[C@H](CNC(C)=O)OC4=O)cc3)cn2)CC1. The van der Waals surface area contributed by atoms with Gasteiger partial charge >= 0.3 is 6.09 Å². The lowest BCUT2D eigenvalue weighted by molar-refractivity contribution is -0.119. The maximum absolute atomic E-state index is 12.1. The second-order valence-electron chi connectivity index (χ2n) is 7.18. The molecule has 1 aliphatic carbocycles. The van der Waals surface area contributed by atoms with Crippen LogP contribution in [0.25, 0.3) is 16.0 Å². The lowest BCUT2D eigenvalue weighted by atomic mass is 10.1. The van der Waals surface area contributed by atoms with Crippen LogP contribution in [0.5, 0.6) is 0 Å². The molecule has 7 heteroatoms. The average molecular weight is 376 g/mol. The van der Waals surface area contributed by atoms with Crippen LogP contribution in [0.1, 0.15) is 25.5 Å². The van der Waals surface area contributed by atoms with Crippen molar-refractivity contribution in [2.75, 3.05) is 18.0 Å². The van der Waals surface area contributed by atoms with E-state index in [1.165, 1.54) is 6.92 Å². The lowest BCUT2D eigenvalue weighted by Gasteiger charge is -2.14. The van der Waals surface area contributed by atoms with E-state index in [1.807, 2.05) is 36.4 Å². The van der Waals surface area contributed by atoms with Gasteiger partial charge in [-0.25, -0.2) is 11.4 Å². The van der Waals surface area contributed by atoms with Gasteiger partial charge in [-0.05, 0) is 23.8 Å². The molecule has 28 heavy (non-hydrogen) atoms. The van der Waals surface area contributed by atoms with Gasteiger partial charge in [-0.2, -0.15) is 0 Å². The number of carbonyl (C=O) groups is 2. The van der Waals surface area contributed by atoms with Crippen LogP contribution >= 0.6 is 0 Å². The van der Waals surface area contributed by atoms with E-state index >= 15 is 0 Å². The molecule has 1 aromatic carbocycles. The van der Waals surface area contributed by atoms with Gasteiger partial charge in [0.1, 0.15) is 11.8 Å². The lowest BCUT2D eigenvalue weighted by Crippen LogP contribution is -2.33. The molecule has 1 saturated heterocycles. The summed E-state index contributed by atoms with van der Waals surface area (Å²) < 4.78 is 5.29. The van der Waals surface area contributed by atoms with Gasteiger partial charge in [0.25, 0.3) is 5.54 Å². The highest BCUT2D eigenvalue weighted by atomic mass is 16.6. The number of aromatic nitrogens is 1. The van der Waals surface area contributed by atoms with E-state index < -0.39 is 11.6 Å². The zero-order valence-electron chi connectivity index (χ0n) is 15.5. The Balaban J connectivity index is 1.45. The summed E-state index contributed by atoms with van der Waals surface area (Å²) in [6.45, 7) is 9.46. The zero-order valence-corrected chi connectivity index (χ0v) is 15.5. The van der Waals surface area contributed by atoms with Crippen molar-refractivity contribution in [3.63, 3.8) is 0 Å². The fraction of sp³-hybridized carbons (Fsp3) is 0.333. The van der Waals surface area contributed by atoms with Crippen LogP contribution in [0.3, 0.4) is 0 Å². The Bertz CT molecular complexity index is 943. The van der Waals surface area contributed by atoms with Crippen molar-refractivity contribution in [1.82, 2.24) is 10.3 Å². The molecule has 0 unspecified atom stereocenters. The first-order valence-electron chi connectivity index (χ1n) is 9.19. The van der Waals surface area contributed by atoms with Crippen LogP contribution in [0.4, 0.5) is 10.5 Å². The van der Waals surface area contributed by atoms with Gasteiger partial charge in [0.15, 0.2) is 0 Å². The summed E-state index contributed by atoms with van der Waals surface area (Å²) in [6.07, 6.45) is 2.79. The Morgan fingerprint density at radius 2 is 2.00 bits per heavy atom. The molecular formula is C21H20N4O3. The maximum Gasteiger partial charge on any atom is 0.414 e. The molecule has 0 bridgehead atoms. The predicted molar refractivity (Wildman–Crippen MR) is 103 cm³/mol. The molecule has 1 saturated carbocycles. The molecule has 0 spiro atoms. The number of benzene rings is 1. The molecule has 2 amide bonds. The first-order valence-corrected chi connectivity index (χ1v) is 9.19. The van der Waals surface area contributed by atoms with Crippen molar-refractivity contribution >= 4 is 17.7 Å². The van der Waals surface area contributed by atoms with Gasteiger partial charge in [0.05, 0.1) is 13.1 Å². The number of nitrogens with zero attached hydrogens (tertiary/aromatic N) is 3. The monoisotopic (exact) mass is 376 g/mol.